The summed E-state index contributed by atoms with van der Waals surface area (Å²) in [4.78, 5) is 0. The number of rotatable bonds is 7. The summed E-state index contributed by atoms with van der Waals surface area (Å²) in [5.41, 5.74) is 1.14. The van der Waals surface area contributed by atoms with Gasteiger partial charge in [0.25, 0.3) is 0 Å². The molecule has 0 aromatic heterocycles. The van der Waals surface area contributed by atoms with Crippen molar-refractivity contribution in [3.8, 4) is 5.75 Å². The number of nitrogens with one attached hydrogen (secondary N) is 1. The molecule has 0 saturated carbocycles. The molecule has 1 aromatic carbocycles. The van der Waals surface area contributed by atoms with Crippen molar-refractivity contribution in [3.63, 3.8) is 0 Å². The molecule has 0 radical (unpaired) electrons. The highest BCUT2D eigenvalue weighted by atomic mass is 16.6. The van der Waals surface area contributed by atoms with Gasteiger partial charge in [0, 0.05) is 5.56 Å². The average molecular weight is 251 g/mol. The van der Waals surface area contributed by atoms with Crippen LogP contribution in [0.5, 0.6) is 5.75 Å². The molecular formula is C14H21NO3. The van der Waals surface area contributed by atoms with Gasteiger partial charge in [-0.3, -0.25) is 0 Å². The van der Waals surface area contributed by atoms with Crippen LogP contribution in [-0.2, 0) is 9.47 Å². The van der Waals surface area contributed by atoms with Gasteiger partial charge in [-0.2, -0.15) is 0 Å². The number of para-hydroxylation sites is 1. The second kappa shape index (κ2) is 6.73. The zero-order chi connectivity index (χ0) is 12.8. The number of hydrogen-bond donors (Lipinski definition) is 1. The van der Waals surface area contributed by atoms with E-state index in [0.717, 1.165) is 11.3 Å². The van der Waals surface area contributed by atoms with Crippen LogP contribution in [0.4, 0.5) is 0 Å². The molecule has 1 fully saturated rings. The van der Waals surface area contributed by atoms with E-state index >= 15 is 0 Å². The van der Waals surface area contributed by atoms with E-state index in [4.69, 9.17) is 14.2 Å². The van der Waals surface area contributed by atoms with Crippen molar-refractivity contribution >= 4 is 0 Å². The molecule has 1 aliphatic heterocycles. The van der Waals surface area contributed by atoms with E-state index in [1.165, 1.54) is 0 Å². The van der Waals surface area contributed by atoms with Crippen LogP contribution in [0.3, 0.4) is 0 Å². The van der Waals surface area contributed by atoms with Crippen molar-refractivity contribution in [1.29, 1.82) is 0 Å². The van der Waals surface area contributed by atoms with E-state index in [1.807, 2.05) is 32.2 Å². The molecule has 1 unspecified atom stereocenters. The predicted octanol–water partition coefficient (Wildman–Crippen LogP) is 1.76. The van der Waals surface area contributed by atoms with Gasteiger partial charge in [0.15, 0.2) is 0 Å². The smallest absolute Gasteiger partial charge is 0.124 e. The highest BCUT2D eigenvalue weighted by molar-refractivity contribution is 5.36. The summed E-state index contributed by atoms with van der Waals surface area (Å²) in [5.74, 6) is 0.924. The minimum absolute atomic E-state index is 0.147. The standard InChI is InChI=1S/C14H21NO3/c1-3-17-14-7-5-4-6-12(14)13(15-2)10-18-11-8-16-9-11/h4-7,11,13,15H,3,8-10H2,1-2H3. The van der Waals surface area contributed by atoms with Gasteiger partial charge >= 0.3 is 0 Å². The van der Waals surface area contributed by atoms with Crippen molar-refractivity contribution in [2.45, 2.75) is 19.1 Å². The lowest BCUT2D eigenvalue weighted by molar-refractivity contribution is -0.133. The summed E-state index contributed by atoms with van der Waals surface area (Å²) in [7, 11) is 1.94. The third kappa shape index (κ3) is 3.22. The van der Waals surface area contributed by atoms with Gasteiger partial charge in [0.1, 0.15) is 11.9 Å². The maximum Gasteiger partial charge on any atom is 0.124 e. The number of hydrogen-bond acceptors (Lipinski definition) is 4. The Labute approximate surface area is 108 Å². The lowest BCUT2D eigenvalue weighted by Gasteiger charge is -2.28. The van der Waals surface area contributed by atoms with Gasteiger partial charge < -0.3 is 19.5 Å². The minimum atomic E-state index is 0.147. The monoisotopic (exact) mass is 251 g/mol. The van der Waals surface area contributed by atoms with Crippen molar-refractivity contribution in [2.24, 2.45) is 0 Å². The molecule has 1 N–H and O–H groups in total. The molecule has 0 spiro atoms. The topological polar surface area (TPSA) is 39.7 Å². The number of likely N-dealkylation sites (N-methyl/N-ethyl adjacent to an activating group) is 1. The van der Waals surface area contributed by atoms with Gasteiger partial charge in [0.2, 0.25) is 0 Å². The van der Waals surface area contributed by atoms with Crippen LogP contribution >= 0.6 is 0 Å². The maximum atomic E-state index is 5.78. The largest absolute Gasteiger partial charge is 0.494 e. The van der Waals surface area contributed by atoms with E-state index < -0.39 is 0 Å². The van der Waals surface area contributed by atoms with Gasteiger partial charge in [-0.25, -0.2) is 0 Å². The molecule has 2 rings (SSSR count). The average Bonchev–Trinajstić information content (AvgIpc) is 2.34. The highest BCUT2D eigenvalue weighted by Crippen LogP contribution is 2.25. The van der Waals surface area contributed by atoms with Crippen LogP contribution < -0.4 is 10.1 Å². The molecule has 4 nitrogen and oxygen atoms in total. The van der Waals surface area contributed by atoms with Crippen LogP contribution in [0.15, 0.2) is 24.3 Å². The lowest BCUT2D eigenvalue weighted by atomic mass is 10.1. The number of benzene rings is 1. The molecule has 0 bridgehead atoms. The Hall–Kier alpha value is -1.10. The summed E-state index contributed by atoms with van der Waals surface area (Å²) in [6.45, 7) is 4.72. The van der Waals surface area contributed by atoms with Crippen molar-refractivity contribution < 1.29 is 14.2 Å². The maximum absolute atomic E-state index is 5.78. The molecule has 1 atom stereocenters. The van der Waals surface area contributed by atoms with Crippen molar-refractivity contribution in [3.05, 3.63) is 29.8 Å². The third-order valence-corrected chi connectivity index (χ3v) is 3.05. The van der Waals surface area contributed by atoms with Gasteiger partial charge in [0.05, 0.1) is 32.5 Å². The molecule has 1 aromatic rings. The minimum Gasteiger partial charge on any atom is -0.494 e. The highest BCUT2D eigenvalue weighted by Gasteiger charge is 2.22. The van der Waals surface area contributed by atoms with Crippen molar-refractivity contribution in [1.82, 2.24) is 5.32 Å². The zero-order valence-electron chi connectivity index (χ0n) is 11.0. The molecule has 0 amide bonds. The molecule has 1 heterocycles. The first-order valence-corrected chi connectivity index (χ1v) is 6.43. The fourth-order valence-electron chi connectivity index (χ4n) is 1.93. The van der Waals surface area contributed by atoms with Gasteiger partial charge in [-0.05, 0) is 20.0 Å². The van der Waals surface area contributed by atoms with Crippen LogP contribution in [0.2, 0.25) is 0 Å². The van der Waals surface area contributed by atoms with E-state index in [-0.39, 0.29) is 12.1 Å². The summed E-state index contributed by atoms with van der Waals surface area (Å²) < 4.78 is 16.5. The summed E-state index contributed by atoms with van der Waals surface area (Å²) in [6, 6.07) is 8.23. The molecular weight excluding hydrogens is 230 g/mol. The van der Waals surface area contributed by atoms with Crippen LogP contribution in [-0.4, -0.2) is 39.6 Å². The Balaban J connectivity index is 2.00. The lowest BCUT2D eigenvalue weighted by Crippen LogP contribution is -2.38. The molecule has 0 aliphatic carbocycles. The van der Waals surface area contributed by atoms with E-state index in [1.54, 1.807) is 0 Å². The fourth-order valence-corrected chi connectivity index (χ4v) is 1.93. The van der Waals surface area contributed by atoms with Crippen molar-refractivity contribution in [2.75, 3.05) is 33.5 Å². The summed E-state index contributed by atoms with van der Waals surface area (Å²) in [5, 5.41) is 3.27. The van der Waals surface area contributed by atoms with E-state index in [9.17, 15) is 0 Å². The fraction of sp³-hybridized carbons (Fsp3) is 0.571. The molecule has 18 heavy (non-hydrogen) atoms. The molecule has 100 valence electrons. The zero-order valence-corrected chi connectivity index (χ0v) is 11.0. The SMILES string of the molecule is CCOc1ccccc1C(COC1COC1)NC. The Morgan fingerprint density at radius 1 is 1.39 bits per heavy atom. The van der Waals surface area contributed by atoms with Gasteiger partial charge in [-0.15, -0.1) is 0 Å². The third-order valence-electron chi connectivity index (χ3n) is 3.05. The first-order chi connectivity index (χ1) is 8.85. The van der Waals surface area contributed by atoms with E-state index in [0.29, 0.717) is 26.4 Å². The van der Waals surface area contributed by atoms with Crippen LogP contribution in [0.25, 0.3) is 0 Å². The predicted molar refractivity (Wildman–Crippen MR) is 70.0 cm³/mol. The van der Waals surface area contributed by atoms with E-state index in [2.05, 4.69) is 11.4 Å². The summed E-state index contributed by atoms with van der Waals surface area (Å²) >= 11 is 0. The quantitative estimate of drug-likeness (QED) is 0.801. The van der Waals surface area contributed by atoms with Crippen LogP contribution in [0.1, 0.15) is 18.5 Å². The molecule has 4 heteroatoms. The second-order valence-electron chi connectivity index (χ2n) is 4.30. The van der Waals surface area contributed by atoms with Gasteiger partial charge in [-0.1, -0.05) is 18.2 Å². The summed E-state index contributed by atoms with van der Waals surface area (Å²) in [6.07, 6.45) is 0.250. The first-order valence-electron chi connectivity index (χ1n) is 6.43. The van der Waals surface area contributed by atoms with Crippen LogP contribution in [0, 0.1) is 0 Å². The normalized spacial score (nSPS) is 17.2. The number of ether oxygens (including phenoxy) is 3. The second-order valence-corrected chi connectivity index (χ2v) is 4.30. The Morgan fingerprint density at radius 3 is 2.78 bits per heavy atom. The first kappa shape index (κ1) is 13.3. The molecule has 1 saturated heterocycles. The molecule has 1 aliphatic rings. The Morgan fingerprint density at radius 2 is 2.17 bits per heavy atom. The Bertz CT molecular complexity index is 366. The Kier molecular flexibility index (Phi) is 4.99.